The lowest BCUT2D eigenvalue weighted by Crippen LogP contribution is -2.07. The Kier molecular flexibility index (Phi) is 7.93. The van der Waals surface area contributed by atoms with Crippen LogP contribution in [0.5, 0.6) is 0 Å². The summed E-state index contributed by atoms with van der Waals surface area (Å²) in [5.41, 5.74) is -3.90. The highest BCUT2D eigenvalue weighted by atomic mass is 32.9. The Balaban J connectivity index is 3.05. The molecule has 0 saturated heterocycles. The summed E-state index contributed by atoms with van der Waals surface area (Å²) in [4.78, 5) is 0. The first-order valence-electron chi connectivity index (χ1n) is 6.70. The molecule has 1 unspecified atom stereocenters. The summed E-state index contributed by atoms with van der Waals surface area (Å²) in [6.07, 6.45) is 0.338. The van der Waals surface area contributed by atoms with E-state index in [-0.39, 0.29) is 12.7 Å². The zero-order chi connectivity index (χ0) is 17.8. The fourth-order valence-corrected chi connectivity index (χ4v) is 6.36. The van der Waals surface area contributed by atoms with E-state index in [1.807, 2.05) is 6.92 Å². The highest BCUT2D eigenvalue weighted by Gasteiger charge is 2.28. The average molecular weight is 394 g/mol. The minimum Gasteiger partial charge on any atom is -0.322 e. The van der Waals surface area contributed by atoms with Crippen LogP contribution in [-0.4, -0.2) is 12.7 Å². The number of halogens is 5. The monoisotopic (exact) mass is 394 g/mol. The van der Waals surface area contributed by atoms with Crippen LogP contribution < -0.4 is 0 Å². The minimum absolute atomic E-state index is 0.272. The van der Waals surface area contributed by atoms with Gasteiger partial charge in [0.1, 0.15) is 0 Å². The van der Waals surface area contributed by atoms with Crippen molar-refractivity contribution in [1.29, 1.82) is 0 Å². The molecule has 1 aromatic rings. The van der Waals surface area contributed by atoms with Gasteiger partial charge >= 0.3 is 0 Å². The third kappa shape index (κ3) is 5.39. The fourth-order valence-electron chi connectivity index (χ4n) is 1.48. The van der Waals surface area contributed by atoms with Crippen molar-refractivity contribution in [3.05, 3.63) is 34.6 Å². The first kappa shape index (κ1) is 20.8. The molecule has 0 heterocycles. The Morgan fingerprint density at radius 1 is 1.00 bits per heavy atom. The number of benzene rings is 1. The summed E-state index contributed by atoms with van der Waals surface area (Å²) in [7, 11) is 0. The predicted molar refractivity (Wildman–Crippen MR) is 84.3 cm³/mol. The first-order valence-corrected chi connectivity index (χ1v) is 10.9. The second kappa shape index (κ2) is 8.76. The van der Waals surface area contributed by atoms with Crippen molar-refractivity contribution in [3.8, 4) is 0 Å². The number of rotatable bonds is 8. The van der Waals surface area contributed by atoms with Crippen molar-refractivity contribution in [2.24, 2.45) is 0 Å². The summed E-state index contributed by atoms with van der Waals surface area (Å²) in [6.45, 7) is 5.52. The Hall–Kier alpha value is -0.210. The lowest BCUT2D eigenvalue weighted by molar-refractivity contribution is 0.215. The third-order valence-corrected chi connectivity index (χ3v) is 7.81. The molecule has 0 aromatic heterocycles. The topological polar surface area (TPSA) is 18.5 Å². The smallest absolute Gasteiger partial charge is 0.247 e. The van der Waals surface area contributed by atoms with E-state index in [4.69, 9.17) is 20.9 Å². The van der Waals surface area contributed by atoms with Gasteiger partial charge in [0.2, 0.25) is 11.5 Å². The number of hydrogen-bond donors (Lipinski definition) is 0. The molecule has 0 aliphatic heterocycles. The van der Waals surface area contributed by atoms with Crippen molar-refractivity contribution < 1.29 is 31.0 Å². The van der Waals surface area contributed by atoms with E-state index < -0.39 is 46.1 Å². The Morgan fingerprint density at radius 3 is 1.91 bits per heavy atom. The number of hydrogen-bond acceptors (Lipinski definition) is 4. The molecule has 1 atom stereocenters. The van der Waals surface area contributed by atoms with E-state index in [0.29, 0.717) is 6.42 Å². The van der Waals surface area contributed by atoms with Crippen molar-refractivity contribution in [1.82, 2.24) is 0 Å². The van der Waals surface area contributed by atoms with Gasteiger partial charge in [-0.1, -0.05) is 18.3 Å². The van der Waals surface area contributed by atoms with Crippen LogP contribution in [0.15, 0.2) is 0 Å². The van der Waals surface area contributed by atoms with Crippen molar-refractivity contribution >= 4 is 28.9 Å². The molecule has 0 aliphatic carbocycles. The molecule has 10 heteroatoms. The van der Waals surface area contributed by atoms with E-state index in [2.05, 4.69) is 0 Å². The van der Waals surface area contributed by atoms with Crippen LogP contribution in [0.25, 0.3) is 0 Å². The summed E-state index contributed by atoms with van der Waals surface area (Å²) >= 11 is 5.99. The van der Waals surface area contributed by atoms with Crippen molar-refractivity contribution in [2.75, 3.05) is 6.61 Å². The van der Waals surface area contributed by atoms with Gasteiger partial charge in [0, 0.05) is 11.3 Å². The second-order valence-corrected chi connectivity index (χ2v) is 11.0. The Bertz CT molecular complexity index is 584. The van der Waals surface area contributed by atoms with E-state index in [0.717, 1.165) is 11.4 Å². The highest BCUT2D eigenvalue weighted by molar-refractivity contribution is 8.67. The van der Waals surface area contributed by atoms with Crippen molar-refractivity contribution in [3.63, 3.8) is 0 Å². The van der Waals surface area contributed by atoms with Gasteiger partial charge in [-0.3, -0.25) is 0 Å². The molecule has 0 aliphatic rings. The van der Waals surface area contributed by atoms with Crippen LogP contribution in [-0.2, 0) is 26.6 Å². The summed E-state index contributed by atoms with van der Waals surface area (Å²) in [5, 5.41) is 0. The molecule has 1 rings (SSSR count). The lowest BCUT2D eigenvalue weighted by Gasteiger charge is -2.23. The fraction of sp³-hybridized carbons (Fsp3) is 0.538. The average Bonchev–Trinajstić information content (AvgIpc) is 2.48. The first-order chi connectivity index (χ1) is 10.6. The Morgan fingerprint density at radius 2 is 1.48 bits per heavy atom. The van der Waals surface area contributed by atoms with Gasteiger partial charge in [-0.05, 0) is 32.1 Å². The molecule has 1 aromatic carbocycles. The SMILES string of the molecule is CCCOP(=S)(OC(C)C)SCc1c(F)c(F)c(F)c(F)c1F. The molecule has 0 spiro atoms. The van der Waals surface area contributed by atoms with Gasteiger partial charge in [-0.15, -0.1) is 0 Å². The normalized spacial score (nSPS) is 14.3. The van der Waals surface area contributed by atoms with Crippen LogP contribution in [0.2, 0.25) is 0 Å². The highest BCUT2D eigenvalue weighted by Crippen LogP contribution is 2.63. The summed E-state index contributed by atoms with van der Waals surface area (Å²) < 4.78 is 77.6. The molecular formula is C13H16F5O2PS2. The maximum atomic E-state index is 13.7. The molecule has 0 saturated carbocycles. The predicted octanol–water partition coefficient (Wildman–Crippen LogP) is 5.69. The largest absolute Gasteiger partial charge is 0.322 e. The van der Waals surface area contributed by atoms with Gasteiger partial charge in [0.15, 0.2) is 23.3 Å². The van der Waals surface area contributed by atoms with E-state index in [1.54, 1.807) is 13.8 Å². The second-order valence-electron chi connectivity index (χ2n) is 4.76. The zero-order valence-electron chi connectivity index (χ0n) is 12.7. The lowest BCUT2D eigenvalue weighted by atomic mass is 10.2. The summed E-state index contributed by atoms with van der Waals surface area (Å²) in [6, 6.07) is 0. The molecule has 0 bridgehead atoms. The molecule has 0 N–H and O–H groups in total. The van der Waals surface area contributed by atoms with Crippen LogP contribution in [0.4, 0.5) is 22.0 Å². The van der Waals surface area contributed by atoms with Gasteiger partial charge in [0.25, 0.3) is 0 Å². The molecule has 0 radical (unpaired) electrons. The van der Waals surface area contributed by atoms with Gasteiger partial charge in [-0.2, -0.15) is 0 Å². The zero-order valence-corrected chi connectivity index (χ0v) is 15.2. The molecule has 132 valence electrons. The van der Waals surface area contributed by atoms with Crippen LogP contribution >= 0.6 is 17.1 Å². The van der Waals surface area contributed by atoms with Crippen LogP contribution in [0.3, 0.4) is 0 Å². The quantitative estimate of drug-likeness (QED) is 0.244. The summed E-state index contributed by atoms with van der Waals surface area (Å²) in [5.74, 6) is -10.4. The van der Waals surface area contributed by atoms with Gasteiger partial charge < -0.3 is 9.05 Å². The van der Waals surface area contributed by atoms with E-state index >= 15 is 0 Å². The standard InChI is InChI=1S/C13H16F5O2PS2/c1-4-5-19-21(22,20-7(2)3)23-6-8-9(14)11(16)13(18)12(17)10(8)15/h7H,4-6H2,1-3H3. The maximum absolute atomic E-state index is 13.7. The molecule has 2 nitrogen and oxygen atoms in total. The molecule has 0 fully saturated rings. The minimum atomic E-state index is -2.96. The van der Waals surface area contributed by atoms with Crippen LogP contribution in [0, 0.1) is 29.1 Å². The van der Waals surface area contributed by atoms with Gasteiger partial charge in [0.05, 0.1) is 12.7 Å². The maximum Gasteiger partial charge on any atom is 0.247 e. The molecule has 0 amide bonds. The molecular weight excluding hydrogens is 378 g/mol. The Labute approximate surface area is 140 Å². The van der Waals surface area contributed by atoms with Crippen LogP contribution in [0.1, 0.15) is 32.8 Å². The van der Waals surface area contributed by atoms with E-state index in [1.165, 1.54) is 0 Å². The van der Waals surface area contributed by atoms with Gasteiger partial charge in [-0.25, -0.2) is 22.0 Å². The molecule has 23 heavy (non-hydrogen) atoms. The van der Waals surface area contributed by atoms with E-state index in [9.17, 15) is 22.0 Å². The van der Waals surface area contributed by atoms with Crippen molar-refractivity contribution in [2.45, 2.75) is 39.0 Å². The third-order valence-electron chi connectivity index (χ3n) is 2.46.